The Morgan fingerprint density at radius 3 is 2.52 bits per heavy atom. The smallest absolute Gasteiger partial charge is 0.193 e. The fraction of sp³-hybridized carbons (Fsp3) is 0.409. The lowest BCUT2D eigenvalue weighted by Gasteiger charge is -2.09. The fourth-order valence-corrected chi connectivity index (χ4v) is 3.55. The van der Waals surface area contributed by atoms with Gasteiger partial charge in [0.2, 0.25) is 0 Å². The Labute approximate surface area is 167 Å². The summed E-state index contributed by atoms with van der Waals surface area (Å²) in [5, 5.41) is 3.52. The summed E-state index contributed by atoms with van der Waals surface area (Å²) in [6.07, 6.45) is 3.87. The molecule has 2 aliphatic carbocycles. The number of carbonyl (C=O) groups excluding carboxylic acids is 1. The lowest BCUT2D eigenvalue weighted by atomic mass is 10.0. The van der Waals surface area contributed by atoms with Gasteiger partial charge in [0.15, 0.2) is 17.3 Å². The van der Waals surface area contributed by atoms with Crippen molar-refractivity contribution >= 4 is 21.7 Å². The van der Waals surface area contributed by atoms with Crippen LogP contribution in [0.2, 0.25) is 0 Å². The average molecular weight is 432 g/mol. The third-order valence-electron chi connectivity index (χ3n) is 5.36. The largest absolute Gasteiger partial charge is 0.490 e. The van der Waals surface area contributed by atoms with Crippen LogP contribution in [0, 0.1) is 23.6 Å². The van der Waals surface area contributed by atoms with E-state index in [0.29, 0.717) is 29.6 Å². The number of hydrogen-bond donors (Lipinski definition) is 1. The van der Waals surface area contributed by atoms with Crippen molar-refractivity contribution in [3.8, 4) is 5.75 Å². The molecule has 2 atom stereocenters. The minimum Gasteiger partial charge on any atom is -0.490 e. The Bertz CT molecular complexity index is 820. The fourth-order valence-electron chi connectivity index (χ4n) is 3.28. The lowest BCUT2D eigenvalue weighted by Crippen LogP contribution is -2.20. The molecule has 0 spiro atoms. The molecule has 27 heavy (non-hydrogen) atoms. The molecule has 0 radical (unpaired) electrons. The molecular formula is C22H23BrFNO2. The van der Waals surface area contributed by atoms with E-state index in [-0.39, 0.29) is 11.5 Å². The third-order valence-corrected chi connectivity index (χ3v) is 5.89. The number of hydrogen-bond acceptors (Lipinski definition) is 3. The highest BCUT2D eigenvalue weighted by molar-refractivity contribution is 9.10. The van der Waals surface area contributed by atoms with Crippen molar-refractivity contribution in [2.45, 2.75) is 19.3 Å². The van der Waals surface area contributed by atoms with Gasteiger partial charge >= 0.3 is 0 Å². The van der Waals surface area contributed by atoms with Crippen LogP contribution in [0.15, 0.2) is 46.9 Å². The van der Waals surface area contributed by atoms with Crippen LogP contribution in [0.1, 0.15) is 35.2 Å². The summed E-state index contributed by atoms with van der Waals surface area (Å²) in [5.74, 6) is 1.58. The van der Waals surface area contributed by atoms with Crippen molar-refractivity contribution in [3.63, 3.8) is 0 Å². The Kier molecular flexibility index (Phi) is 5.60. The van der Waals surface area contributed by atoms with Gasteiger partial charge in [0.1, 0.15) is 0 Å². The summed E-state index contributed by atoms with van der Waals surface area (Å²) in [6, 6.07) is 11.5. The van der Waals surface area contributed by atoms with E-state index in [0.717, 1.165) is 29.9 Å². The first-order valence-corrected chi connectivity index (χ1v) is 10.3. The molecule has 142 valence electrons. The minimum atomic E-state index is -0.484. The predicted octanol–water partition coefficient (Wildman–Crippen LogP) is 4.83. The molecule has 2 fully saturated rings. The zero-order valence-electron chi connectivity index (χ0n) is 15.1. The molecule has 2 saturated carbocycles. The van der Waals surface area contributed by atoms with Crippen molar-refractivity contribution in [2.75, 3.05) is 19.7 Å². The molecule has 0 saturated heterocycles. The number of halogens is 2. The molecule has 0 bridgehead atoms. The van der Waals surface area contributed by atoms with Crippen LogP contribution < -0.4 is 10.1 Å². The van der Waals surface area contributed by atoms with Crippen molar-refractivity contribution < 1.29 is 13.9 Å². The normalized spacial score (nSPS) is 21.1. The number of ketones is 1. The summed E-state index contributed by atoms with van der Waals surface area (Å²) >= 11 is 3.34. The van der Waals surface area contributed by atoms with Gasteiger partial charge in [-0.15, -0.1) is 0 Å². The zero-order chi connectivity index (χ0) is 18.8. The van der Waals surface area contributed by atoms with E-state index in [2.05, 4.69) is 21.2 Å². The summed E-state index contributed by atoms with van der Waals surface area (Å²) in [4.78, 5) is 12.5. The first kappa shape index (κ1) is 18.6. The molecule has 0 aliphatic heterocycles. The number of carbonyl (C=O) groups is 1. The monoisotopic (exact) mass is 431 g/mol. The Morgan fingerprint density at radius 1 is 1.07 bits per heavy atom. The zero-order valence-corrected chi connectivity index (χ0v) is 16.7. The van der Waals surface area contributed by atoms with Crippen molar-refractivity contribution in [3.05, 3.63) is 63.9 Å². The van der Waals surface area contributed by atoms with E-state index >= 15 is 0 Å². The number of benzene rings is 2. The van der Waals surface area contributed by atoms with Gasteiger partial charge in [0.25, 0.3) is 0 Å². The standard InChI is InChI=1S/C22H23BrFNO2/c23-19-6-3-15(4-7-19)22(26)16-5-8-21(20(24)10-16)27-13-18-9-17(18)12-25-11-14-1-2-14/h3-8,10,14,17-18,25H,1-2,9,11-13H2. The van der Waals surface area contributed by atoms with Gasteiger partial charge in [-0.3, -0.25) is 4.79 Å². The van der Waals surface area contributed by atoms with Crippen LogP contribution in [0.3, 0.4) is 0 Å². The van der Waals surface area contributed by atoms with E-state index in [1.54, 1.807) is 36.4 Å². The number of nitrogens with one attached hydrogen (secondary N) is 1. The minimum absolute atomic E-state index is 0.197. The SMILES string of the molecule is O=C(c1ccc(Br)cc1)c1ccc(OCC2CC2CNCC2CC2)c(F)c1. The van der Waals surface area contributed by atoms with Crippen LogP contribution in [-0.2, 0) is 0 Å². The van der Waals surface area contributed by atoms with Crippen LogP contribution in [0.25, 0.3) is 0 Å². The topological polar surface area (TPSA) is 38.3 Å². The highest BCUT2D eigenvalue weighted by atomic mass is 79.9. The Morgan fingerprint density at radius 2 is 1.81 bits per heavy atom. The highest BCUT2D eigenvalue weighted by Crippen LogP contribution is 2.38. The maximum atomic E-state index is 14.4. The molecule has 0 heterocycles. The van der Waals surface area contributed by atoms with E-state index in [9.17, 15) is 9.18 Å². The molecule has 5 heteroatoms. The maximum Gasteiger partial charge on any atom is 0.193 e. The number of ether oxygens (including phenoxy) is 1. The Hall–Kier alpha value is -1.72. The van der Waals surface area contributed by atoms with Gasteiger partial charge in [-0.25, -0.2) is 4.39 Å². The van der Waals surface area contributed by atoms with E-state index in [1.165, 1.54) is 18.9 Å². The van der Waals surface area contributed by atoms with Gasteiger partial charge < -0.3 is 10.1 Å². The molecule has 2 aromatic carbocycles. The average Bonchev–Trinajstić information content (AvgIpc) is 3.58. The highest BCUT2D eigenvalue weighted by Gasteiger charge is 2.37. The van der Waals surface area contributed by atoms with Gasteiger partial charge in [0.05, 0.1) is 6.61 Å². The van der Waals surface area contributed by atoms with E-state index in [4.69, 9.17) is 4.74 Å². The first-order chi connectivity index (χ1) is 13.1. The second-order valence-electron chi connectivity index (χ2n) is 7.65. The predicted molar refractivity (Wildman–Crippen MR) is 107 cm³/mol. The molecule has 2 aromatic rings. The van der Waals surface area contributed by atoms with Gasteiger partial charge in [-0.1, -0.05) is 15.9 Å². The first-order valence-electron chi connectivity index (χ1n) is 9.53. The summed E-state index contributed by atoms with van der Waals surface area (Å²) in [5.41, 5.74) is 0.863. The van der Waals surface area contributed by atoms with Crippen LogP contribution in [-0.4, -0.2) is 25.5 Å². The van der Waals surface area contributed by atoms with Gasteiger partial charge in [-0.2, -0.15) is 0 Å². The summed E-state index contributed by atoms with van der Waals surface area (Å²) < 4.78 is 20.9. The molecule has 0 aromatic heterocycles. The van der Waals surface area contributed by atoms with Crippen molar-refractivity contribution in [2.24, 2.45) is 17.8 Å². The van der Waals surface area contributed by atoms with Crippen LogP contribution in [0.4, 0.5) is 4.39 Å². The van der Waals surface area contributed by atoms with Crippen LogP contribution >= 0.6 is 15.9 Å². The van der Waals surface area contributed by atoms with Crippen molar-refractivity contribution in [1.82, 2.24) is 5.32 Å². The van der Waals surface area contributed by atoms with Gasteiger partial charge in [-0.05, 0) is 92.6 Å². The maximum absolute atomic E-state index is 14.4. The van der Waals surface area contributed by atoms with Crippen LogP contribution in [0.5, 0.6) is 5.75 Å². The van der Waals surface area contributed by atoms with Crippen molar-refractivity contribution in [1.29, 1.82) is 0 Å². The van der Waals surface area contributed by atoms with Gasteiger partial charge in [0, 0.05) is 15.6 Å². The molecular weight excluding hydrogens is 409 g/mol. The third kappa shape index (κ3) is 4.96. The summed E-state index contributed by atoms with van der Waals surface area (Å²) in [7, 11) is 0. The molecule has 4 rings (SSSR count). The second-order valence-corrected chi connectivity index (χ2v) is 8.57. The van der Waals surface area contributed by atoms with E-state index in [1.807, 2.05) is 0 Å². The quantitative estimate of drug-likeness (QED) is 0.577. The molecule has 1 N–H and O–H groups in total. The second kappa shape index (κ2) is 8.11. The Balaban J connectivity index is 1.28. The summed E-state index contributed by atoms with van der Waals surface area (Å²) in [6.45, 7) is 2.70. The van der Waals surface area contributed by atoms with E-state index < -0.39 is 5.82 Å². The number of rotatable bonds is 9. The molecule has 2 unspecified atom stereocenters. The molecule has 2 aliphatic rings. The molecule has 0 amide bonds. The lowest BCUT2D eigenvalue weighted by molar-refractivity contribution is 0.103. The molecule has 3 nitrogen and oxygen atoms in total.